The van der Waals surface area contributed by atoms with Crippen LogP contribution in [0.4, 0.5) is 10.2 Å². The van der Waals surface area contributed by atoms with Crippen molar-refractivity contribution in [2.45, 2.75) is 39.1 Å². The minimum absolute atomic E-state index is 0.0599. The summed E-state index contributed by atoms with van der Waals surface area (Å²) in [5.41, 5.74) is 7.14. The summed E-state index contributed by atoms with van der Waals surface area (Å²) in [6, 6.07) is 0.936. The predicted molar refractivity (Wildman–Crippen MR) is 89.8 cm³/mol. The van der Waals surface area contributed by atoms with E-state index >= 15 is 0 Å². The van der Waals surface area contributed by atoms with Gasteiger partial charge in [0.05, 0.1) is 18.2 Å². The molecule has 134 valence electrons. The second kappa shape index (κ2) is 6.81. The van der Waals surface area contributed by atoms with E-state index in [1.807, 2.05) is 13.8 Å². The molecule has 7 nitrogen and oxygen atoms in total. The number of hydrogen-bond donors (Lipinski definition) is 4. The Morgan fingerprint density at radius 3 is 2.96 bits per heavy atom. The number of amides is 1. The van der Waals surface area contributed by atoms with E-state index in [4.69, 9.17) is 10.2 Å². The number of aromatic nitrogens is 1. The Morgan fingerprint density at radius 2 is 2.36 bits per heavy atom. The van der Waals surface area contributed by atoms with Gasteiger partial charge in [0.2, 0.25) is 5.91 Å². The van der Waals surface area contributed by atoms with Crippen molar-refractivity contribution in [1.29, 1.82) is 0 Å². The molecule has 2 aromatic rings. The van der Waals surface area contributed by atoms with Crippen LogP contribution in [0.1, 0.15) is 37.6 Å². The second-order valence-electron chi connectivity index (χ2n) is 6.54. The number of aliphatic hydroxyl groups is 1. The Bertz CT molecular complexity index is 777. The minimum atomic E-state index is -1.02. The quantitative estimate of drug-likeness (QED) is 0.634. The molecule has 2 atom stereocenters. The fraction of sp³-hybridized carbons (Fsp3) is 0.412. The number of hydrogen-bond acceptors (Lipinski definition) is 6. The van der Waals surface area contributed by atoms with Gasteiger partial charge in [-0.05, 0) is 18.4 Å². The van der Waals surface area contributed by atoms with E-state index < -0.39 is 24.0 Å². The molecular weight excluding hydrogens is 327 g/mol. The zero-order valence-corrected chi connectivity index (χ0v) is 14.0. The normalized spacial score (nSPS) is 17.6. The number of halogens is 1. The predicted octanol–water partition coefficient (Wildman–Crippen LogP) is 1.89. The van der Waals surface area contributed by atoms with E-state index in [2.05, 4.69) is 15.6 Å². The van der Waals surface area contributed by atoms with Crippen LogP contribution in [0.3, 0.4) is 0 Å². The van der Waals surface area contributed by atoms with Gasteiger partial charge >= 0.3 is 0 Å². The monoisotopic (exact) mass is 348 g/mol. The topological polar surface area (TPSA) is 113 Å². The Morgan fingerprint density at radius 1 is 1.60 bits per heavy atom. The zero-order valence-electron chi connectivity index (χ0n) is 14.0. The first-order valence-electron chi connectivity index (χ1n) is 8.10. The molecule has 5 N–H and O–H groups in total. The highest BCUT2D eigenvalue weighted by atomic mass is 19.1. The SMILES string of the molecule is CC(C)C[C@@H](Nc1nc(-c2ccoc2)c2c(c1F)CNC2O)C(N)=O. The molecule has 0 aliphatic carbocycles. The van der Waals surface area contributed by atoms with Gasteiger partial charge in [-0.15, -0.1) is 0 Å². The molecule has 0 aromatic carbocycles. The smallest absolute Gasteiger partial charge is 0.239 e. The van der Waals surface area contributed by atoms with Crippen LogP contribution in [0.5, 0.6) is 0 Å². The number of nitrogens with zero attached hydrogens (tertiary/aromatic N) is 1. The fourth-order valence-corrected chi connectivity index (χ4v) is 2.99. The summed E-state index contributed by atoms with van der Waals surface area (Å²) in [5, 5.41) is 15.7. The number of furan rings is 1. The molecule has 0 bridgehead atoms. The van der Waals surface area contributed by atoms with Gasteiger partial charge in [-0.3, -0.25) is 10.1 Å². The number of nitrogens with one attached hydrogen (secondary N) is 2. The maximum absolute atomic E-state index is 14.9. The minimum Gasteiger partial charge on any atom is -0.472 e. The zero-order chi connectivity index (χ0) is 18.1. The molecule has 3 rings (SSSR count). The summed E-state index contributed by atoms with van der Waals surface area (Å²) in [7, 11) is 0. The van der Waals surface area contributed by atoms with Crippen molar-refractivity contribution >= 4 is 11.7 Å². The molecule has 0 saturated heterocycles. The number of fused-ring (bicyclic) bond motifs is 1. The molecule has 0 saturated carbocycles. The number of rotatable bonds is 6. The van der Waals surface area contributed by atoms with Gasteiger partial charge < -0.3 is 20.6 Å². The lowest BCUT2D eigenvalue weighted by Gasteiger charge is -2.20. The number of primary amides is 1. The molecule has 0 spiro atoms. The van der Waals surface area contributed by atoms with Crippen molar-refractivity contribution in [1.82, 2.24) is 10.3 Å². The first-order chi connectivity index (χ1) is 11.9. The van der Waals surface area contributed by atoms with Crippen LogP contribution < -0.4 is 16.4 Å². The lowest BCUT2D eigenvalue weighted by atomic mass is 10.0. The van der Waals surface area contributed by atoms with E-state index in [0.29, 0.717) is 28.8 Å². The third-order valence-corrected chi connectivity index (χ3v) is 4.18. The molecule has 2 aromatic heterocycles. The fourth-order valence-electron chi connectivity index (χ4n) is 2.99. The number of anilines is 1. The molecule has 8 heteroatoms. The molecule has 25 heavy (non-hydrogen) atoms. The lowest BCUT2D eigenvalue weighted by Crippen LogP contribution is -2.37. The number of pyridine rings is 1. The van der Waals surface area contributed by atoms with Gasteiger partial charge in [0.1, 0.15) is 12.3 Å². The van der Waals surface area contributed by atoms with Crippen molar-refractivity contribution in [2.75, 3.05) is 5.32 Å². The van der Waals surface area contributed by atoms with Gasteiger partial charge in [-0.1, -0.05) is 13.8 Å². The Labute approximate surface area is 144 Å². The van der Waals surface area contributed by atoms with Gasteiger partial charge in [-0.2, -0.15) is 0 Å². The van der Waals surface area contributed by atoms with Gasteiger partial charge in [0.15, 0.2) is 11.6 Å². The van der Waals surface area contributed by atoms with Crippen molar-refractivity contribution in [3.63, 3.8) is 0 Å². The molecular formula is C17H21FN4O3. The van der Waals surface area contributed by atoms with Crippen molar-refractivity contribution in [3.05, 3.63) is 35.5 Å². The largest absolute Gasteiger partial charge is 0.472 e. The molecule has 1 aliphatic heterocycles. The summed E-state index contributed by atoms with van der Waals surface area (Å²) in [5.74, 6) is -1.03. The number of nitrogens with two attached hydrogens (primary N) is 1. The summed E-state index contributed by atoms with van der Waals surface area (Å²) < 4.78 is 20.0. The van der Waals surface area contributed by atoms with Crippen LogP contribution in [-0.2, 0) is 11.3 Å². The average molecular weight is 348 g/mol. The summed E-state index contributed by atoms with van der Waals surface area (Å²) in [6.45, 7) is 4.05. The Hall–Kier alpha value is -2.45. The lowest BCUT2D eigenvalue weighted by molar-refractivity contribution is -0.119. The third kappa shape index (κ3) is 3.35. The summed E-state index contributed by atoms with van der Waals surface area (Å²) >= 11 is 0. The van der Waals surface area contributed by atoms with Crippen molar-refractivity contribution in [3.8, 4) is 11.3 Å². The van der Waals surface area contributed by atoms with Crippen LogP contribution in [0.25, 0.3) is 11.3 Å². The maximum Gasteiger partial charge on any atom is 0.239 e. The van der Waals surface area contributed by atoms with Gasteiger partial charge in [-0.25, -0.2) is 9.37 Å². The van der Waals surface area contributed by atoms with Crippen LogP contribution in [0.2, 0.25) is 0 Å². The molecule has 0 fully saturated rings. The van der Waals surface area contributed by atoms with Gasteiger partial charge in [0.25, 0.3) is 0 Å². The van der Waals surface area contributed by atoms with Crippen molar-refractivity contribution in [2.24, 2.45) is 11.7 Å². The molecule has 1 unspecified atom stereocenters. The first kappa shape index (κ1) is 17.4. The highest BCUT2D eigenvalue weighted by molar-refractivity contribution is 5.83. The molecule has 1 amide bonds. The summed E-state index contributed by atoms with van der Waals surface area (Å²) in [6.07, 6.45) is 2.38. The standard InChI is InChI=1S/C17H21FN4O3/c1-8(2)5-11(15(19)23)21-16-13(18)10-6-20-17(24)12(10)14(22-16)9-3-4-25-7-9/h3-4,7-8,11,17,20,24H,5-6H2,1-2H3,(H2,19,23)(H,21,22)/t11-,17?/m1/s1. The Balaban J connectivity index is 2.06. The van der Waals surface area contributed by atoms with E-state index in [1.165, 1.54) is 12.5 Å². The number of carbonyl (C=O) groups excluding carboxylic acids is 1. The number of carbonyl (C=O) groups is 1. The molecule has 3 heterocycles. The van der Waals surface area contributed by atoms with Crippen LogP contribution >= 0.6 is 0 Å². The third-order valence-electron chi connectivity index (χ3n) is 4.18. The Kier molecular flexibility index (Phi) is 4.73. The molecule has 0 radical (unpaired) electrons. The van der Waals surface area contributed by atoms with Gasteiger partial charge in [0, 0.05) is 23.2 Å². The number of aliphatic hydroxyl groups excluding tert-OH is 1. The van der Waals surface area contributed by atoms with E-state index in [0.717, 1.165) is 0 Å². The highest BCUT2D eigenvalue weighted by Gasteiger charge is 2.31. The van der Waals surface area contributed by atoms with Crippen LogP contribution in [0, 0.1) is 11.7 Å². The second-order valence-corrected chi connectivity index (χ2v) is 6.54. The van der Waals surface area contributed by atoms with Crippen LogP contribution in [0.15, 0.2) is 23.0 Å². The highest BCUT2D eigenvalue weighted by Crippen LogP contribution is 2.37. The van der Waals surface area contributed by atoms with E-state index in [1.54, 1.807) is 6.07 Å². The summed E-state index contributed by atoms with van der Waals surface area (Å²) in [4.78, 5) is 16.0. The average Bonchev–Trinajstić information content (AvgIpc) is 3.19. The maximum atomic E-state index is 14.9. The van der Waals surface area contributed by atoms with E-state index in [-0.39, 0.29) is 18.3 Å². The molecule has 1 aliphatic rings. The van der Waals surface area contributed by atoms with Crippen molar-refractivity contribution < 1.29 is 18.7 Å². The first-order valence-corrected chi connectivity index (χ1v) is 8.10. The van der Waals surface area contributed by atoms with E-state index in [9.17, 15) is 14.3 Å². The van der Waals surface area contributed by atoms with Crippen LogP contribution in [-0.4, -0.2) is 22.0 Å².